The molecule has 0 saturated heterocycles. The van der Waals surface area contributed by atoms with E-state index < -0.39 is 0 Å². The predicted octanol–water partition coefficient (Wildman–Crippen LogP) is 0.966. The van der Waals surface area contributed by atoms with E-state index in [0.717, 1.165) is 11.5 Å². The summed E-state index contributed by atoms with van der Waals surface area (Å²) in [4.78, 5) is 11.2. The summed E-state index contributed by atoms with van der Waals surface area (Å²) in [6, 6.07) is 7.36. The van der Waals surface area contributed by atoms with Crippen LogP contribution in [0.15, 0.2) is 36.9 Å². The van der Waals surface area contributed by atoms with Crippen molar-refractivity contribution in [1.82, 2.24) is 10.6 Å². The van der Waals surface area contributed by atoms with Gasteiger partial charge in [0.05, 0.1) is 13.7 Å². The number of hydrogen-bond donors (Lipinski definition) is 2. The van der Waals surface area contributed by atoms with Gasteiger partial charge < -0.3 is 20.1 Å². The lowest BCUT2D eigenvalue weighted by Gasteiger charge is -2.08. The fourth-order valence-electron chi connectivity index (χ4n) is 1.36. The molecular weight excluding hydrogens is 244 g/mol. The van der Waals surface area contributed by atoms with Crippen LogP contribution in [-0.4, -0.2) is 39.3 Å². The molecule has 0 aromatic heterocycles. The maximum absolute atomic E-state index is 11.2. The second kappa shape index (κ2) is 8.99. The number of ether oxygens (including phenoxy) is 2. The van der Waals surface area contributed by atoms with Crippen molar-refractivity contribution in [3.8, 4) is 11.5 Å². The predicted molar refractivity (Wildman–Crippen MR) is 74.6 cm³/mol. The molecule has 0 spiro atoms. The molecule has 5 heteroatoms. The van der Waals surface area contributed by atoms with Gasteiger partial charge in [-0.3, -0.25) is 4.79 Å². The van der Waals surface area contributed by atoms with E-state index >= 15 is 0 Å². The molecular formula is C14H20N2O3. The number of hydrogen-bond acceptors (Lipinski definition) is 4. The quantitative estimate of drug-likeness (QED) is 0.515. The van der Waals surface area contributed by atoms with Gasteiger partial charge in [-0.25, -0.2) is 0 Å². The molecule has 1 aromatic carbocycles. The average Bonchev–Trinajstić information content (AvgIpc) is 2.45. The van der Waals surface area contributed by atoms with E-state index in [2.05, 4.69) is 17.2 Å². The third kappa shape index (κ3) is 6.47. The molecule has 104 valence electrons. The molecule has 2 N–H and O–H groups in total. The van der Waals surface area contributed by atoms with Crippen molar-refractivity contribution in [2.45, 2.75) is 0 Å². The molecule has 0 aliphatic heterocycles. The highest BCUT2D eigenvalue weighted by Gasteiger charge is 1.98. The Morgan fingerprint density at radius 3 is 2.63 bits per heavy atom. The van der Waals surface area contributed by atoms with Crippen molar-refractivity contribution in [3.05, 3.63) is 36.9 Å². The van der Waals surface area contributed by atoms with Gasteiger partial charge in [-0.05, 0) is 24.3 Å². The van der Waals surface area contributed by atoms with Gasteiger partial charge in [0, 0.05) is 13.1 Å². The second-order valence-electron chi connectivity index (χ2n) is 3.79. The zero-order valence-electron chi connectivity index (χ0n) is 11.1. The van der Waals surface area contributed by atoms with Gasteiger partial charge >= 0.3 is 0 Å². The first-order chi connectivity index (χ1) is 9.26. The number of carbonyl (C=O) groups is 1. The maximum atomic E-state index is 11.2. The van der Waals surface area contributed by atoms with Crippen LogP contribution in [0.25, 0.3) is 0 Å². The van der Waals surface area contributed by atoms with Gasteiger partial charge in [0.25, 0.3) is 0 Å². The zero-order valence-corrected chi connectivity index (χ0v) is 11.1. The Kier molecular flexibility index (Phi) is 7.12. The van der Waals surface area contributed by atoms with Crippen LogP contribution in [0.4, 0.5) is 0 Å². The Balaban J connectivity index is 2.09. The Hall–Kier alpha value is -2.01. The van der Waals surface area contributed by atoms with Crippen LogP contribution in [0.3, 0.4) is 0 Å². The molecule has 0 unspecified atom stereocenters. The highest BCUT2D eigenvalue weighted by molar-refractivity contribution is 5.78. The molecule has 0 saturated carbocycles. The molecule has 0 atom stereocenters. The normalized spacial score (nSPS) is 9.74. The van der Waals surface area contributed by atoms with E-state index in [0.29, 0.717) is 19.7 Å². The number of benzene rings is 1. The summed E-state index contributed by atoms with van der Waals surface area (Å²) in [5, 5.41) is 5.67. The smallest absolute Gasteiger partial charge is 0.234 e. The summed E-state index contributed by atoms with van der Waals surface area (Å²) in [5.74, 6) is 1.52. The lowest BCUT2D eigenvalue weighted by atomic mass is 10.3. The van der Waals surface area contributed by atoms with Crippen LogP contribution < -0.4 is 20.1 Å². The summed E-state index contributed by atoms with van der Waals surface area (Å²) >= 11 is 0. The van der Waals surface area contributed by atoms with Crippen LogP contribution in [-0.2, 0) is 4.79 Å². The van der Waals surface area contributed by atoms with Gasteiger partial charge in [0.15, 0.2) is 0 Å². The monoisotopic (exact) mass is 264 g/mol. The summed E-state index contributed by atoms with van der Waals surface area (Å²) in [7, 11) is 1.62. The summed E-state index contributed by atoms with van der Waals surface area (Å²) in [6.07, 6.45) is 1.64. The van der Waals surface area contributed by atoms with E-state index in [1.54, 1.807) is 13.2 Å². The van der Waals surface area contributed by atoms with Crippen molar-refractivity contribution in [2.75, 3.05) is 33.4 Å². The third-order valence-corrected chi connectivity index (χ3v) is 2.34. The highest BCUT2D eigenvalue weighted by atomic mass is 16.5. The topological polar surface area (TPSA) is 59.6 Å². The minimum atomic E-state index is -0.0515. The molecule has 0 aliphatic carbocycles. The fraction of sp³-hybridized carbons (Fsp3) is 0.357. The van der Waals surface area contributed by atoms with Crippen LogP contribution >= 0.6 is 0 Å². The summed E-state index contributed by atoms with van der Waals surface area (Å²) in [6.45, 7) is 5.40. The van der Waals surface area contributed by atoms with Crippen LogP contribution in [0.2, 0.25) is 0 Å². The number of amides is 1. The van der Waals surface area contributed by atoms with E-state index in [1.165, 1.54) is 0 Å². The Labute approximate surface area is 113 Å². The first kappa shape index (κ1) is 15.0. The molecule has 19 heavy (non-hydrogen) atoms. The minimum Gasteiger partial charge on any atom is -0.497 e. The van der Waals surface area contributed by atoms with Gasteiger partial charge in [-0.1, -0.05) is 6.08 Å². The van der Waals surface area contributed by atoms with Crippen LogP contribution in [0.1, 0.15) is 0 Å². The van der Waals surface area contributed by atoms with Gasteiger partial charge in [0.1, 0.15) is 18.1 Å². The summed E-state index contributed by atoms with van der Waals surface area (Å²) < 4.78 is 10.6. The molecule has 0 bridgehead atoms. The molecule has 1 rings (SSSR count). The average molecular weight is 264 g/mol. The van der Waals surface area contributed by atoms with E-state index in [-0.39, 0.29) is 12.5 Å². The standard InChI is InChI=1S/C14H20N2O3/c1-3-8-16-14(17)11-15-9-10-19-13-6-4-12(18-2)5-7-13/h3-7,15H,1,8-11H2,2H3,(H,16,17). The Morgan fingerprint density at radius 2 is 2.00 bits per heavy atom. The SMILES string of the molecule is C=CCNC(=O)CNCCOc1ccc(OC)cc1. The van der Waals surface area contributed by atoms with Crippen LogP contribution in [0.5, 0.6) is 11.5 Å². The number of rotatable bonds is 9. The number of nitrogens with one attached hydrogen (secondary N) is 2. The molecule has 0 aliphatic rings. The van der Waals surface area contributed by atoms with Crippen molar-refractivity contribution in [3.63, 3.8) is 0 Å². The van der Waals surface area contributed by atoms with Crippen molar-refractivity contribution >= 4 is 5.91 Å². The van der Waals surface area contributed by atoms with Gasteiger partial charge in [0.2, 0.25) is 5.91 Å². The second-order valence-corrected chi connectivity index (χ2v) is 3.79. The van der Waals surface area contributed by atoms with Gasteiger partial charge in [-0.15, -0.1) is 6.58 Å². The lowest BCUT2D eigenvalue weighted by Crippen LogP contribution is -2.35. The van der Waals surface area contributed by atoms with Crippen molar-refractivity contribution < 1.29 is 14.3 Å². The minimum absolute atomic E-state index is 0.0515. The Morgan fingerprint density at radius 1 is 1.32 bits per heavy atom. The Bertz CT molecular complexity index is 390. The van der Waals surface area contributed by atoms with E-state index in [4.69, 9.17) is 9.47 Å². The number of carbonyl (C=O) groups excluding carboxylic acids is 1. The maximum Gasteiger partial charge on any atom is 0.234 e. The van der Waals surface area contributed by atoms with E-state index in [1.807, 2.05) is 24.3 Å². The van der Waals surface area contributed by atoms with Gasteiger partial charge in [-0.2, -0.15) is 0 Å². The van der Waals surface area contributed by atoms with Crippen molar-refractivity contribution in [2.24, 2.45) is 0 Å². The molecule has 0 fully saturated rings. The zero-order chi connectivity index (χ0) is 13.9. The summed E-state index contributed by atoms with van der Waals surface area (Å²) in [5.41, 5.74) is 0. The molecule has 1 amide bonds. The van der Waals surface area contributed by atoms with E-state index in [9.17, 15) is 4.79 Å². The molecule has 0 heterocycles. The molecule has 1 aromatic rings. The largest absolute Gasteiger partial charge is 0.497 e. The van der Waals surface area contributed by atoms with Crippen molar-refractivity contribution in [1.29, 1.82) is 0 Å². The fourth-order valence-corrected chi connectivity index (χ4v) is 1.36. The highest BCUT2D eigenvalue weighted by Crippen LogP contribution is 2.16. The van der Waals surface area contributed by atoms with Crippen LogP contribution in [0, 0.1) is 0 Å². The first-order valence-corrected chi connectivity index (χ1v) is 6.11. The molecule has 5 nitrogen and oxygen atoms in total. The first-order valence-electron chi connectivity index (χ1n) is 6.11. The third-order valence-electron chi connectivity index (χ3n) is 2.34. The number of methoxy groups -OCH3 is 1. The lowest BCUT2D eigenvalue weighted by molar-refractivity contribution is -0.120. The molecule has 0 radical (unpaired) electrons.